The molecule has 0 spiro atoms. The van der Waals surface area contributed by atoms with Gasteiger partial charge in [0.2, 0.25) is 5.82 Å². The highest BCUT2D eigenvalue weighted by Gasteiger charge is 2.45. The predicted octanol–water partition coefficient (Wildman–Crippen LogP) is 4.69. The van der Waals surface area contributed by atoms with Gasteiger partial charge in [-0.1, -0.05) is 18.2 Å². The summed E-state index contributed by atoms with van der Waals surface area (Å²) in [5, 5.41) is 0.332. The minimum Gasteiger partial charge on any atom is -0.373 e. The molecule has 2 aromatic carbocycles. The molecule has 0 heterocycles. The summed E-state index contributed by atoms with van der Waals surface area (Å²) in [6.45, 7) is 7.05. The molecule has 0 saturated heterocycles. The van der Waals surface area contributed by atoms with Crippen LogP contribution in [-0.4, -0.2) is 28.1 Å². The normalized spacial score (nSPS) is 12.3. The molecule has 154 valence electrons. The van der Waals surface area contributed by atoms with E-state index >= 15 is 0 Å². The van der Waals surface area contributed by atoms with Crippen LogP contribution in [0.4, 0.5) is 22.0 Å². The molecule has 0 saturated carbocycles. The quantitative estimate of drug-likeness (QED) is 0.282. The van der Waals surface area contributed by atoms with Gasteiger partial charge < -0.3 is 13.3 Å². The van der Waals surface area contributed by atoms with Crippen molar-refractivity contribution >= 4 is 14.0 Å². The van der Waals surface area contributed by atoms with Gasteiger partial charge >= 0.3 is 8.80 Å². The zero-order chi connectivity index (χ0) is 21.2. The highest BCUT2D eigenvalue weighted by molar-refractivity contribution is 6.75. The molecule has 9 heteroatoms. The van der Waals surface area contributed by atoms with E-state index in [2.05, 4.69) is 0 Å². The summed E-state index contributed by atoms with van der Waals surface area (Å²) in [5.74, 6) is -10.0. The Morgan fingerprint density at radius 1 is 0.750 bits per heavy atom. The zero-order valence-electron chi connectivity index (χ0n) is 16.1. The van der Waals surface area contributed by atoms with Crippen LogP contribution in [0.25, 0.3) is 11.1 Å². The predicted molar refractivity (Wildman–Crippen MR) is 96.5 cm³/mol. The molecule has 28 heavy (non-hydrogen) atoms. The van der Waals surface area contributed by atoms with E-state index in [1.165, 1.54) is 25.3 Å². The molecule has 0 bridgehead atoms. The van der Waals surface area contributed by atoms with Crippen molar-refractivity contribution in [3.8, 4) is 11.1 Å². The Bertz CT molecular complexity index is 819. The minimum absolute atomic E-state index is 0.209. The van der Waals surface area contributed by atoms with Crippen LogP contribution in [0, 0.1) is 29.1 Å². The summed E-state index contributed by atoms with van der Waals surface area (Å²) in [7, 11) is -2.14. The van der Waals surface area contributed by atoms with Gasteiger partial charge in [-0.2, -0.15) is 0 Å². The Morgan fingerprint density at radius 2 is 1.21 bits per heavy atom. The van der Waals surface area contributed by atoms with Gasteiger partial charge in [-0.25, -0.2) is 22.0 Å². The second-order valence-electron chi connectivity index (χ2n) is 6.62. The molecular weight excluding hydrogens is 399 g/mol. The van der Waals surface area contributed by atoms with E-state index in [0.717, 1.165) is 0 Å². The van der Waals surface area contributed by atoms with Gasteiger partial charge in [0.05, 0.1) is 5.56 Å². The molecule has 0 N–H and O–H groups in total. The van der Waals surface area contributed by atoms with E-state index in [1.54, 1.807) is 33.8 Å². The molecule has 0 aliphatic heterocycles. The van der Waals surface area contributed by atoms with E-state index in [9.17, 15) is 22.0 Å². The van der Waals surface area contributed by atoms with Gasteiger partial charge in [0.25, 0.3) is 0 Å². The maximum Gasteiger partial charge on any atom is 0.537 e. The number of hydrogen-bond acceptors (Lipinski definition) is 3. The summed E-state index contributed by atoms with van der Waals surface area (Å²) in [5.41, 5.74) is -1.23. The highest BCUT2D eigenvalue weighted by Crippen LogP contribution is 2.31. The van der Waals surface area contributed by atoms with Crippen LogP contribution in [-0.2, 0) is 13.3 Å². The van der Waals surface area contributed by atoms with E-state index in [1.807, 2.05) is 0 Å². The lowest BCUT2D eigenvalue weighted by Gasteiger charge is -2.32. The van der Waals surface area contributed by atoms with Gasteiger partial charge in [-0.3, -0.25) is 0 Å². The van der Waals surface area contributed by atoms with Crippen LogP contribution in [0.3, 0.4) is 0 Å². The molecule has 2 aromatic rings. The van der Waals surface area contributed by atoms with Crippen molar-refractivity contribution in [2.45, 2.75) is 39.9 Å². The third kappa shape index (κ3) is 4.27. The fourth-order valence-corrected chi connectivity index (χ4v) is 5.35. The number of benzene rings is 2. The summed E-state index contributed by atoms with van der Waals surface area (Å²) in [6, 6.07) is 5.48. The van der Waals surface area contributed by atoms with Gasteiger partial charge in [0, 0.05) is 24.5 Å². The van der Waals surface area contributed by atoms with Gasteiger partial charge in [0.1, 0.15) is 0 Å². The smallest absolute Gasteiger partial charge is 0.373 e. The molecule has 2 rings (SSSR count). The summed E-state index contributed by atoms with van der Waals surface area (Å²) in [6.07, 6.45) is -0.605. The molecule has 0 aromatic heterocycles. The molecule has 0 aliphatic rings. The molecule has 0 radical (unpaired) electrons. The molecule has 0 aliphatic carbocycles. The SMILES string of the molecule is CO[Si](OC(C)C)(OC(C)C)c1cccc(-c2c(F)c(F)c(F)c(F)c2F)c1. The highest BCUT2D eigenvalue weighted by atomic mass is 28.4. The first kappa shape index (κ1) is 22.5. The van der Waals surface area contributed by atoms with Crippen LogP contribution in [0.5, 0.6) is 0 Å². The van der Waals surface area contributed by atoms with Crippen LogP contribution < -0.4 is 5.19 Å². The van der Waals surface area contributed by atoms with Crippen LogP contribution >= 0.6 is 0 Å². The first-order valence-corrected chi connectivity index (χ1v) is 10.3. The molecule has 0 amide bonds. The van der Waals surface area contributed by atoms with Gasteiger partial charge in [-0.15, -0.1) is 0 Å². The number of halogens is 5. The van der Waals surface area contributed by atoms with E-state index in [0.29, 0.717) is 5.19 Å². The first-order chi connectivity index (χ1) is 13.0. The molecule has 0 fully saturated rings. The Morgan fingerprint density at radius 3 is 1.64 bits per heavy atom. The average Bonchev–Trinajstić information content (AvgIpc) is 2.64. The van der Waals surface area contributed by atoms with Crippen LogP contribution in [0.1, 0.15) is 27.7 Å². The fraction of sp³-hybridized carbons (Fsp3) is 0.368. The van der Waals surface area contributed by atoms with Crippen molar-refractivity contribution in [2.24, 2.45) is 0 Å². The summed E-state index contributed by atoms with van der Waals surface area (Å²) < 4.78 is 86.4. The minimum atomic E-state index is -3.52. The topological polar surface area (TPSA) is 27.7 Å². The Labute approximate surface area is 161 Å². The van der Waals surface area contributed by atoms with E-state index in [4.69, 9.17) is 13.3 Å². The monoisotopic (exact) mass is 420 g/mol. The lowest BCUT2D eigenvalue weighted by molar-refractivity contribution is 0.0456. The van der Waals surface area contributed by atoms with Crippen LogP contribution in [0.15, 0.2) is 24.3 Å². The van der Waals surface area contributed by atoms with Crippen molar-refractivity contribution < 1.29 is 35.2 Å². The Balaban J connectivity index is 2.69. The van der Waals surface area contributed by atoms with Crippen LogP contribution in [0.2, 0.25) is 0 Å². The lowest BCUT2D eigenvalue weighted by Crippen LogP contribution is -2.58. The third-order valence-corrected chi connectivity index (χ3v) is 6.88. The maximum absolute atomic E-state index is 14.2. The first-order valence-electron chi connectivity index (χ1n) is 8.57. The van der Waals surface area contributed by atoms with Crippen molar-refractivity contribution in [3.63, 3.8) is 0 Å². The standard InChI is InChI=1S/C19H21F5O3Si/c1-10(2)26-28(25-5,27-11(3)4)13-8-6-7-12(9-13)14-15(20)17(22)19(24)18(23)16(14)21/h6-11H,1-5H3. The largest absolute Gasteiger partial charge is 0.537 e. The van der Waals surface area contributed by atoms with Crippen molar-refractivity contribution in [2.75, 3.05) is 7.11 Å². The average molecular weight is 420 g/mol. The zero-order valence-corrected chi connectivity index (χ0v) is 17.1. The number of hydrogen-bond donors (Lipinski definition) is 0. The lowest BCUT2D eigenvalue weighted by atomic mass is 10.0. The second-order valence-corrected chi connectivity index (χ2v) is 9.19. The van der Waals surface area contributed by atoms with Crippen molar-refractivity contribution in [3.05, 3.63) is 53.4 Å². The molecule has 3 nitrogen and oxygen atoms in total. The molecule has 0 unspecified atom stereocenters. The Kier molecular flexibility index (Phi) is 6.97. The summed E-state index contributed by atoms with van der Waals surface area (Å²) >= 11 is 0. The third-order valence-electron chi connectivity index (χ3n) is 3.77. The van der Waals surface area contributed by atoms with Gasteiger partial charge in [-0.05, 0) is 39.3 Å². The Hall–Kier alpha value is -1.81. The van der Waals surface area contributed by atoms with E-state index < -0.39 is 43.5 Å². The van der Waals surface area contributed by atoms with Crippen molar-refractivity contribution in [1.82, 2.24) is 0 Å². The van der Waals surface area contributed by atoms with Crippen molar-refractivity contribution in [1.29, 1.82) is 0 Å². The molecular formula is C19H21F5O3Si. The fourth-order valence-electron chi connectivity index (χ4n) is 2.72. The summed E-state index contributed by atoms with van der Waals surface area (Å²) in [4.78, 5) is 0. The number of rotatable bonds is 7. The second kappa shape index (κ2) is 8.69. The van der Waals surface area contributed by atoms with E-state index in [-0.39, 0.29) is 17.8 Å². The van der Waals surface area contributed by atoms with Gasteiger partial charge in [0.15, 0.2) is 23.3 Å². The molecule has 0 atom stereocenters. The maximum atomic E-state index is 14.2.